The van der Waals surface area contributed by atoms with Crippen molar-refractivity contribution in [3.05, 3.63) is 132 Å². The lowest BCUT2D eigenvalue weighted by Gasteiger charge is -2.27. The van der Waals surface area contributed by atoms with E-state index >= 15 is 0 Å². The first-order valence-electron chi connectivity index (χ1n) is 13.9. The van der Waals surface area contributed by atoms with Gasteiger partial charge in [0.15, 0.2) is 22.1 Å². The summed E-state index contributed by atoms with van der Waals surface area (Å²) in [5, 5.41) is 1.86. The van der Waals surface area contributed by atoms with Crippen LogP contribution in [0.25, 0.3) is 16.8 Å². The summed E-state index contributed by atoms with van der Waals surface area (Å²) in [7, 11) is 3.13. The number of halogens is 1. The van der Waals surface area contributed by atoms with Gasteiger partial charge in [-0.2, -0.15) is 0 Å². The van der Waals surface area contributed by atoms with Gasteiger partial charge in [-0.1, -0.05) is 59.9 Å². The van der Waals surface area contributed by atoms with Crippen LogP contribution >= 0.6 is 11.3 Å². The summed E-state index contributed by atoms with van der Waals surface area (Å²) in [4.78, 5) is 32.4. The summed E-state index contributed by atoms with van der Waals surface area (Å²) < 4.78 is 32.6. The number of benzene rings is 4. The largest absolute Gasteiger partial charge is 0.496 e. The van der Waals surface area contributed by atoms with Gasteiger partial charge in [0.25, 0.3) is 5.56 Å². The van der Waals surface area contributed by atoms with Gasteiger partial charge in [-0.05, 0) is 72.2 Å². The SMILES string of the molecule is COc1cc(/C=c2/sc3n(c2=O)C(c2c(OC)ccc4ccccc24)C(C(C)=O)=C(C)N=3)ccc1OCc1ccc(F)cc1. The normalized spacial score (nSPS) is 14.8. The van der Waals surface area contributed by atoms with Crippen molar-refractivity contribution in [1.29, 1.82) is 0 Å². The molecule has 1 unspecified atom stereocenters. The number of thiazole rings is 1. The number of allylic oxidation sites excluding steroid dienone is 2. The minimum absolute atomic E-state index is 0.165. The predicted molar refractivity (Wildman–Crippen MR) is 169 cm³/mol. The molecule has 6 rings (SSSR count). The third-order valence-electron chi connectivity index (χ3n) is 7.62. The quantitative estimate of drug-likeness (QED) is 0.226. The molecule has 9 heteroatoms. The summed E-state index contributed by atoms with van der Waals surface area (Å²) in [6.07, 6.45) is 1.78. The van der Waals surface area contributed by atoms with Gasteiger partial charge in [0.05, 0.1) is 24.8 Å². The molecule has 1 atom stereocenters. The summed E-state index contributed by atoms with van der Waals surface area (Å²) in [5.74, 6) is 1.11. The van der Waals surface area contributed by atoms with Crippen LogP contribution in [0.15, 0.2) is 99.9 Å². The maximum absolute atomic E-state index is 14.1. The average Bonchev–Trinajstić information content (AvgIpc) is 3.33. The van der Waals surface area contributed by atoms with Gasteiger partial charge in [-0.15, -0.1) is 0 Å². The van der Waals surface area contributed by atoms with E-state index < -0.39 is 6.04 Å². The first-order chi connectivity index (χ1) is 21.3. The molecule has 1 aliphatic heterocycles. The van der Waals surface area contributed by atoms with Crippen molar-refractivity contribution in [3.63, 3.8) is 0 Å². The Hall–Kier alpha value is -5.02. The summed E-state index contributed by atoms with van der Waals surface area (Å²) >= 11 is 1.26. The van der Waals surface area contributed by atoms with E-state index in [1.165, 1.54) is 30.4 Å². The number of Topliss-reactive ketones (excluding diaryl/α,β-unsaturated/α-hetero) is 1. The highest BCUT2D eigenvalue weighted by molar-refractivity contribution is 7.07. The number of nitrogens with zero attached hydrogens (tertiary/aromatic N) is 2. The standard InChI is InChI=1S/C35H29FN2O5S/c1-20-31(21(2)39)33(32-26-8-6-5-7-24(26)12-16-28(32)41-3)38-34(40)30(44-35(38)37-20)18-23-11-15-27(29(17-23)42-4)43-19-22-9-13-25(36)14-10-22/h5-18,33H,19H2,1-4H3/b30-18+. The molecule has 0 saturated heterocycles. The Labute approximate surface area is 256 Å². The number of fused-ring (bicyclic) bond motifs is 2. The fourth-order valence-corrected chi connectivity index (χ4v) is 6.61. The lowest BCUT2D eigenvalue weighted by Crippen LogP contribution is -2.39. The van der Waals surface area contributed by atoms with Crippen LogP contribution in [0, 0.1) is 5.82 Å². The van der Waals surface area contributed by atoms with Crippen LogP contribution in [0.3, 0.4) is 0 Å². The zero-order valence-electron chi connectivity index (χ0n) is 24.6. The third-order valence-corrected chi connectivity index (χ3v) is 8.60. The predicted octanol–water partition coefficient (Wildman–Crippen LogP) is 5.71. The van der Waals surface area contributed by atoms with E-state index in [0.29, 0.717) is 37.9 Å². The van der Waals surface area contributed by atoms with E-state index in [0.717, 1.165) is 27.5 Å². The summed E-state index contributed by atoms with van der Waals surface area (Å²) in [6.45, 7) is 3.54. The van der Waals surface area contributed by atoms with E-state index in [2.05, 4.69) is 0 Å². The molecule has 0 bridgehead atoms. The topological polar surface area (TPSA) is 79.1 Å². The first-order valence-corrected chi connectivity index (χ1v) is 14.7. The first kappa shape index (κ1) is 29.1. The van der Waals surface area contributed by atoms with E-state index in [1.54, 1.807) is 56.1 Å². The van der Waals surface area contributed by atoms with Crippen LogP contribution in [0.4, 0.5) is 4.39 Å². The second-order valence-electron chi connectivity index (χ2n) is 10.4. The Balaban J connectivity index is 1.46. The molecule has 0 fully saturated rings. The Morgan fingerprint density at radius 1 is 0.977 bits per heavy atom. The number of ether oxygens (including phenoxy) is 3. The zero-order chi connectivity index (χ0) is 31.0. The molecule has 44 heavy (non-hydrogen) atoms. The van der Waals surface area contributed by atoms with E-state index in [4.69, 9.17) is 19.2 Å². The van der Waals surface area contributed by atoms with Gasteiger partial charge in [0.2, 0.25) is 0 Å². The third kappa shape index (κ3) is 5.31. The molecule has 0 amide bonds. The molecule has 0 spiro atoms. The summed E-state index contributed by atoms with van der Waals surface area (Å²) in [5.41, 5.74) is 3.02. The van der Waals surface area contributed by atoms with Crippen LogP contribution in [0.5, 0.6) is 17.2 Å². The van der Waals surface area contributed by atoms with Gasteiger partial charge in [-0.25, -0.2) is 9.38 Å². The van der Waals surface area contributed by atoms with Crippen molar-refractivity contribution >= 4 is 34.0 Å². The van der Waals surface area contributed by atoms with E-state index in [9.17, 15) is 14.0 Å². The molecule has 1 aliphatic rings. The maximum atomic E-state index is 14.1. The van der Waals surface area contributed by atoms with E-state index in [1.807, 2.05) is 42.5 Å². The Morgan fingerprint density at radius 3 is 2.43 bits per heavy atom. The number of carbonyl (C=O) groups excluding carboxylic acids is 1. The number of carbonyl (C=O) groups is 1. The minimum Gasteiger partial charge on any atom is -0.496 e. The van der Waals surface area contributed by atoms with Gasteiger partial charge in [0, 0.05) is 16.8 Å². The second-order valence-corrected chi connectivity index (χ2v) is 11.4. The van der Waals surface area contributed by atoms with Crippen molar-refractivity contribution < 1.29 is 23.4 Å². The zero-order valence-corrected chi connectivity index (χ0v) is 25.4. The van der Waals surface area contributed by atoms with Crippen molar-refractivity contribution in [2.45, 2.75) is 26.5 Å². The average molecular weight is 609 g/mol. The Morgan fingerprint density at radius 2 is 1.70 bits per heavy atom. The number of rotatable bonds is 8. The number of ketones is 1. The van der Waals surface area contributed by atoms with Crippen molar-refractivity contribution in [2.24, 2.45) is 4.99 Å². The number of hydrogen-bond acceptors (Lipinski definition) is 7. The van der Waals surface area contributed by atoms with Crippen LogP contribution in [-0.4, -0.2) is 24.6 Å². The highest BCUT2D eigenvalue weighted by Crippen LogP contribution is 2.40. The monoisotopic (exact) mass is 608 g/mol. The summed E-state index contributed by atoms with van der Waals surface area (Å²) in [6, 6.07) is 22.4. The molecule has 5 aromatic rings. The van der Waals surface area contributed by atoms with Gasteiger partial charge >= 0.3 is 0 Å². The van der Waals surface area contributed by atoms with Crippen LogP contribution < -0.4 is 29.1 Å². The Bertz CT molecular complexity index is 2130. The molecule has 0 radical (unpaired) electrons. The minimum atomic E-state index is -0.719. The molecule has 7 nitrogen and oxygen atoms in total. The molecular formula is C35H29FN2O5S. The number of hydrogen-bond donors (Lipinski definition) is 0. The molecule has 0 N–H and O–H groups in total. The van der Waals surface area contributed by atoms with Gasteiger partial charge in [-0.3, -0.25) is 14.2 Å². The fourth-order valence-electron chi connectivity index (χ4n) is 5.57. The lowest BCUT2D eigenvalue weighted by atomic mass is 9.89. The van der Waals surface area contributed by atoms with Crippen LogP contribution in [-0.2, 0) is 11.4 Å². The van der Waals surface area contributed by atoms with Crippen molar-refractivity contribution in [1.82, 2.24) is 4.57 Å². The van der Waals surface area contributed by atoms with Gasteiger partial charge in [0.1, 0.15) is 18.2 Å². The van der Waals surface area contributed by atoms with Crippen LogP contribution in [0.1, 0.15) is 36.6 Å². The lowest BCUT2D eigenvalue weighted by molar-refractivity contribution is -0.114. The van der Waals surface area contributed by atoms with Crippen molar-refractivity contribution in [3.8, 4) is 17.2 Å². The number of methoxy groups -OCH3 is 2. The van der Waals surface area contributed by atoms with E-state index in [-0.39, 0.29) is 23.8 Å². The molecule has 0 aliphatic carbocycles. The molecule has 2 heterocycles. The molecular weight excluding hydrogens is 579 g/mol. The number of aromatic nitrogens is 1. The maximum Gasteiger partial charge on any atom is 0.271 e. The smallest absolute Gasteiger partial charge is 0.271 e. The molecule has 222 valence electrons. The highest BCUT2D eigenvalue weighted by Gasteiger charge is 2.33. The highest BCUT2D eigenvalue weighted by atomic mass is 32.1. The van der Waals surface area contributed by atoms with Gasteiger partial charge < -0.3 is 14.2 Å². The molecule has 1 aromatic heterocycles. The fraction of sp³-hybridized carbons (Fsp3) is 0.171. The molecule has 0 saturated carbocycles. The van der Waals surface area contributed by atoms with Crippen LogP contribution in [0.2, 0.25) is 0 Å². The second kappa shape index (κ2) is 11.9. The Kier molecular flexibility index (Phi) is 7.88. The van der Waals surface area contributed by atoms with Crippen molar-refractivity contribution in [2.75, 3.05) is 14.2 Å². The molecule has 4 aromatic carbocycles.